The molecule has 0 unspecified atom stereocenters. The molecule has 0 bridgehead atoms. The van der Waals surface area contributed by atoms with Crippen molar-refractivity contribution in [3.8, 4) is 11.1 Å². The van der Waals surface area contributed by atoms with Crippen LogP contribution in [0.15, 0.2) is 54.6 Å². The van der Waals surface area contributed by atoms with Crippen molar-refractivity contribution >= 4 is 10.8 Å². The summed E-state index contributed by atoms with van der Waals surface area (Å²) in [6, 6.07) is 19.9. The minimum atomic E-state index is 0.900. The highest BCUT2D eigenvalue weighted by atomic mass is 14.8. The highest BCUT2D eigenvalue weighted by molar-refractivity contribution is 5.99. The van der Waals surface area contributed by atoms with Gasteiger partial charge >= 0.3 is 0 Å². The van der Waals surface area contributed by atoms with Gasteiger partial charge in [-0.25, -0.2) is 0 Å². The Labute approximate surface area is 126 Å². The molecule has 3 aromatic rings. The van der Waals surface area contributed by atoms with Crippen LogP contribution in [0.2, 0.25) is 0 Å². The van der Waals surface area contributed by atoms with Gasteiger partial charge in [-0.3, -0.25) is 0 Å². The maximum Gasteiger partial charge on any atom is 0.0202 e. The molecular weight excluding hydrogens is 254 g/mol. The summed E-state index contributed by atoms with van der Waals surface area (Å²) in [7, 11) is 1.99. The summed E-state index contributed by atoms with van der Waals surface area (Å²) in [6.07, 6.45) is 0. The molecule has 21 heavy (non-hydrogen) atoms. The summed E-state index contributed by atoms with van der Waals surface area (Å²) in [6.45, 7) is 5.26. The Bertz CT molecular complexity index is 787. The first-order chi connectivity index (χ1) is 10.2. The minimum absolute atomic E-state index is 0.900. The van der Waals surface area contributed by atoms with Crippen molar-refractivity contribution in [2.75, 3.05) is 7.05 Å². The van der Waals surface area contributed by atoms with E-state index in [1.807, 2.05) is 7.05 Å². The largest absolute Gasteiger partial charge is 0.316 e. The van der Waals surface area contributed by atoms with Crippen LogP contribution in [-0.4, -0.2) is 7.05 Å². The van der Waals surface area contributed by atoms with E-state index in [0.717, 1.165) is 6.54 Å². The molecule has 0 fully saturated rings. The predicted octanol–water partition coefficient (Wildman–Crippen LogP) is 4.84. The molecule has 1 N–H and O–H groups in total. The van der Waals surface area contributed by atoms with Crippen LogP contribution >= 0.6 is 0 Å². The average Bonchev–Trinajstić information content (AvgIpc) is 2.51. The van der Waals surface area contributed by atoms with Crippen LogP contribution in [0.3, 0.4) is 0 Å². The Morgan fingerprint density at radius 1 is 0.762 bits per heavy atom. The summed E-state index contributed by atoms with van der Waals surface area (Å²) >= 11 is 0. The molecule has 1 nitrogen and oxygen atoms in total. The Kier molecular flexibility index (Phi) is 3.76. The summed E-state index contributed by atoms with van der Waals surface area (Å²) in [5.41, 5.74) is 6.63. The standard InChI is InChI=1S/C20H21N/c1-14-9-11-19(18-7-5-4-6-17(14)18)20-12-16(13-21-3)10-8-15(20)2/h4-12,21H,13H2,1-3H3. The lowest BCUT2D eigenvalue weighted by molar-refractivity contribution is 0.818. The van der Waals surface area contributed by atoms with E-state index in [4.69, 9.17) is 0 Å². The fourth-order valence-corrected chi connectivity index (χ4v) is 2.96. The van der Waals surface area contributed by atoms with Crippen LogP contribution in [0.4, 0.5) is 0 Å². The molecule has 0 heterocycles. The second-order valence-corrected chi connectivity index (χ2v) is 5.66. The predicted molar refractivity (Wildman–Crippen MR) is 91.6 cm³/mol. The van der Waals surface area contributed by atoms with Gasteiger partial charge in [0, 0.05) is 6.54 Å². The summed E-state index contributed by atoms with van der Waals surface area (Å²) in [5.74, 6) is 0. The molecule has 0 saturated heterocycles. The Morgan fingerprint density at radius 2 is 1.48 bits per heavy atom. The van der Waals surface area contributed by atoms with E-state index in [1.54, 1.807) is 0 Å². The molecule has 0 radical (unpaired) electrons. The molecule has 0 saturated carbocycles. The summed E-state index contributed by atoms with van der Waals surface area (Å²) in [5, 5.41) is 5.90. The van der Waals surface area contributed by atoms with Crippen LogP contribution < -0.4 is 5.32 Å². The zero-order valence-corrected chi connectivity index (χ0v) is 12.9. The van der Waals surface area contributed by atoms with E-state index in [0.29, 0.717) is 0 Å². The van der Waals surface area contributed by atoms with E-state index in [9.17, 15) is 0 Å². The van der Waals surface area contributed by atoms with Gasteiger partial charge in [-0.2, -0.15) is 0 Å². The molecule has 0 aliphatic heterocycles. The number of rotatable bonds is 3. The fourth-order valence-electron chi connectivity index (χ4n) is 2.96. The monoisotopic (exact) mass is 275 g/mol. The quantitative estimate of drug-likeness (QED) is 0.721. The third-order valence-corrected chi connectivity index (χ3v) is 4.12. The fraction of sp³-hybridized carbons (Fsp3) is 0.200. The zero-order chi connectivity index (χ0) is 14.8. The van der Waals surface area contributed by atoms with Crippen molar-refractivity contribution in [1.29, 1.82) is 0 Å². The Hall–Kier alpha value is -2.12. The molecule has 3 rings (SSSR count). The lowest BCUT2D eigenvalue weighted by atomic mass is 9.92. The average molecular weight is 275 g/mol. The van der Waals surface area contributed by atoms with Gasteiger partial charge in [-0.15, -0.1) is 0 Å². The van der Waals surface area contributed by atoms with Crippen molar-refractivity contribution in [3.05, 3.63) is 71.3 Å². The third kappa shape index (κ3) is 2.57. The van der Waals surface area contributed by atoms with Gasteiger partial charge in [0.05, 0.1) is 0 Å². The van der Waals surface area contributed by atoms with E-state index in [-0.39, 0.29) is 0 Å². The molecule has 106 valence electrons. The lowest BCUT2D eigenvalue weighted by Gasteiger charge is -2.13. The lowest BCUT2D eigenvalue weighted by Crippen LogP contribution is -2.05. The van der Waals surface area contributed by atoms with Crippen molar-refractivity contribution in [3.63, 3.8) is 0 Å². The van der Waals surface area contributed by atoms with Crippen molar-refractivity contribution in [1.82, 2.24) is 5.32 Å². The van der Waals surface area contributed by atoms with Crippen LogP contribution in [-0.2, 0) is 6.54 Å². The molecular formula is C20H21N. The molecule has 0 spiro atoms. The van der Waals surface area contributed by atoms with Gasteiger partial charge in [0.2, 0.25) is 0 Å². The SMILES string of the molecule is CNCc1ccc(C)c(-c2ccc(C)c3ccccc23)c1. The van der Waals surface area contributed by atoms with Gasteiger partial charge < -0.3 is 5.32 Å². The van der Waals surface area contributed by atoms with E-state index < -0.39 is 0 Å². The van der Waals surface area contributed by atoms with Crippen molar-refractivity contribution < 1.29 is 0 Å². The van der Waals surface area contributed by atoms with Crippen LogP contribution in [0.1, 0.15) is 16.7 Å². The minimum Gasteiger partial charge on any atom is -0.316 e. The second kappa shape index (κ2) is 5.71. The van der Waals surface area contributed by atoms with Crippen LogP contribution in [0.25, 0.3) is 21.9 Å². The number of hydrogen-bond acceptors (Lipinski definition) is 1. The number of aryl methyl sites for hydroxylation is 2. The highest BCUT2D eigenvalue weighted by Crippen LogP contribution is 2.33. The van der Waals surface area contributed by atoms with Gasteiger partial charge in [0.25, 0.3) is 0 Å². The topological polar surface area (TPSA) is 12.0 Å². The molecule has 0 atom stereocenters. The Balaban J connectivity index is 2.25. The van der Waals surface area contributed by atoms with Crippen molar-refractivity contribution in [2.24, 2.45) is 0 Å². The van der Waals surface area contributed by atoms with Crippen LogP contribution in [0, 0.1) is 13.8 Å². The van der Waals surface area contributed by atoms with Gasteiger partial charge in [-0.1, -0.05) is 48.5 Å². The molecule has 0 aliphatic carbocycles. The second-order valence-electron chi connectivity index (χ2n) is 5.66. The maximum atomic E-state index is 3.23. The molecule has 1 heteroatoms. The molecule has 0 aromatic heterocycles. The molecule has 0 aliphatic rings. The first kappa shape index (κ1) is 13.8. The number of fused-ring (bicyclic) bond motifs is 1. The summed E-state index contributed by atoms with van der Waals surface area (Å²) < 4.78 is 0. The first-order valence-corrected chi connectivity index (χ1v) is 7.43. The smallest absolute Gasteiger partial charge is 0.0202 e. The summed E-state index contributed by atoms with van der Waals surface area (Å²) in [4.78, 5) is 0. The van der Waals surface area contributed by atoms with E-state index >= 15 is 0 Å². The van der Waals surface area contributed by atoms with Crippen molar-refractivity contribution in [2.45, 2.75) is 20.4 Å². The van der Waals surface area contributed by atoms with E-state index in [2.05, 4.69) is 73.8 Å². The number of hydrogen-bond donors (Lipinski definition) is 1. The third-order valence-electron chi connectivity index (χ3n) is 4.12. The molecule has 3 aromatic carbocycles. The van der Waals surface area contributed by atoms with Gasteiger partial charge in [0.15, 0.2) is 0 Å². The normalized spacial score (nSPS) is 11.0. The first-order valence-electron chi connectivity index (χ1n) is 7.43. The van der Waals surface area contributed by atoms with Gasteiger partial charge in [-0.05, 0) is 65.6 Å². The number of nitrogens with one attached hydrogen (secondary N) is 1. The maximum absolute atomic E-state index is 3.23. The van der Waals surface area contributed by atoms with E-state index in [1.165, 1.54) is 38.6 Å². The zero-order valence-electron chi connectivity index (χ0n) is 12.9. The number of benzene rings is 3. The Morgan fingerprint density at radius 3 is 2.24 bits per heavy atom. The molecule has 0 amide bonds. The van der Waals surface area contributed by atoms with Crippen LogP contribution in [0.5, 0.6) is 0 Å². The van der Waals surface area contributed by atoms with Gasteiger partial charge in [0.1, 0.15) is 0 Å². The highest BCUT2D eigenvalue weighted by Gasteiger charge is 2.08.